The fourth-order valence-electron chi connectivity index (χ4n) is 1.88. The molecule has 5 heteroatoms. The van der Waals surface area contributed by atoms with Crippen molar-refractivity contribution in [2.45, 2.75) is 19.4 Å². The lowest BCUT2D eigenvalue weighted by molar-refractivity contribution is -0.124. The van der Waals surface area contributed by atoms with Gasteiger partial charge in [0.2, 0.25) is 5.91 Å². The lowest BCUT2D eigenvalue weighted by Crippen LogP contribution is -2.51. The molecule has 0 aliphatic rings. The van der Waals surface area contributed by atoms with Gasteiger partial charge in [-0.1, -0.05) is 18.2 Å². The molecule has 1 amide bonds. The molecule has 1 aromatic rings. The first kappa shape index (κ1) is 15.5. The van der Waals surface area contributed by atoms with Gasteiger partial charge in [-0.15, -0.1) is 0 Å². The maximum Gasteiger partial charge on any atom is 0.242 e. The average Bonchev–Trinajstić information content (AvgIpc) is 2.39. The zero-order valence-electron chi connectivity index (χ0n) is 11.7. The van der Waals surface area contributed by atoms with Crippen LogP contribution in [0.5, 0.6) is 5.75 Å². The van der Waals surface area contributed by atoms with Gasteiger partial charge in [0.25, 0.3) is 0 Å². The van der Waals surface area contributed by atoms with Crippen LogP contribution in [0.2, 0.25) is 0 Å². The predicted octanol–water partition coefficient (Wildman–Crippen LogP) is 1.02. The second kappa shape index (κ2) is 7.11. The Morgan fingerprint density at radius 1 is 1.42 bits per heavy atom. The number of carbonyl (C=O) groups excluding carboxylic acids is 1. The van der Waals surface area contributed by atoms with Crippen LogP contribution in [0.1, 0.15) is 19.4 Å². The van der Waals surface area contributed by atoms with E-state index < -0.39 is 11.4 Å². The van der Waals surface area contributed by atoms with Gasteiger partial charge in [0.05, 0.1) is 13.2 Å². The number of ether oxygens (including phenoxy) is 2. The maximum atomic E-state index is 11.8. The van der Waals surface area contributed by atoms with Crippen LogP contribution in [0, 0.1) is 0 Å². The van der Waals surface area contributed by atoms with E-state index in [0.717, 1.165) is 5.56 Å². The second-order valence-electron chi connectivity index (χ2n) is 4.34. The molecule has 0 spiro atoms. The average molecular weight is 266 g/mol. The van der Waals surface area contributed by atoms with Crippen LogP contribution in [-0.2, 0) is 15.1 Å². The van der Waals surface area contributed by atoms with Crippen LogP contribution in [0.4, 0.5) is 0 Å². The fourth-order valence-corrected chi connectivity index (χ4v) is 1.88. The van der Waals surface area contributed by atoms with Gasteiger partial charge in [0, 0.05) is 19.2 Å². The normalized spacial score (nSPS) is 13.8. The largest absolute Gasteiger partial charge is 0.494 e. The molecule has 1 rings (SSSR count). The minimum Gasteiger partial charge on any atom is -0.494 e. The van der Waals surface area contributed by atoms with Crippen molar-refractivity contribution in [3.8, 4) is 5.75 Å². The van der Waals surface area contributed by atoms with Crippen LogP contribution in [0.3, 0.4) is 0 Å². The third-order valence-electron chi connectivity index (χ3n) is 3.00. The van der Waals surface area contributed by atoms with E-state index in [-0.39, 0.29) is 0 Å². The van der Waals surface area contributed by atoms with E-state index in [1.54, 1.807) is 14.0 Å². The lowest BCUT2D eigenvalue weighted by atomic mass is 9.90. The Morgan fingerprint density at radius 2 is 2.11 bits per heavy atom. The summed E-state index contributed by atoms with van der Waals surface area (Å²) in [6.07, 6.45) is 0. The van der Waals surface area contributed by atoms with E-state index >= 15 is 0 Å². The number of hydrogen-bond acceptors (Lipinski definition) is 4. The molecule has 0 radical (unpaired) electrons. The molecule has 0 aromatic heterocycles. The zero-order chi connectivity index (χ0) is 14.3. The number of amides is 1. The molecule has 19 heavy (non-hydrogen) atoms. The third-order valence-corrected chi connectivity index (χ3v) is 3.00. The molecule has 106 valence electrons. The number of primary amides is 1. The van der Waals surface area contributed by atoms with E-state index in [2.05, 4.69) is 5.32 Å². The molecular formula is C14H22N2O3. The number of nitrogens with two attached hydrogens (primary N) is 1. The van der Waals surface area contributed by atoms with Crippen LogP contribution >= 0.6 is 0 Å². The Morgan fingerprint density at radius 3 is 2.68 bits per heavy atom. The molecule has 0 aliphatic heterocycles. The summed E-state index contributed by atoms with van der Waals surface area (Å²) in [5.74, 6) is 0.215. The SMILES string of the molecule is CCOc1ccccc1C(C)(NCCOC)C(N)=O. The quantitative estimate of drug-likeness (QED) is 0.689. The van der Waals surface area contributed by atoms with Gasteiger partial charge in [-0.3, -0.25) is 10.1 Å². The molecule has 1 aromatic carbocycles. The molecule has 0 aliphatic carbocycles. The predicted molar refractivity (Wildman–Crippen MR) is 74.0 cm³/mol. The lowest BCUT2D eigenvalue weighted by Gasteiger charge is -2.29. The van der Waals surface area contributed by atoms with Gasteiger partial charge in [0.15, 0.2) is 0 Å². The number of para-hydroxylation sites is 1. The van der Waals surface area contributed by atoms with Crippen molar-refractivity contribution in [3.05, 3.63) is 29.8 Å². The van der Waals surface area contributed by atoms with Crippen LogP contribution in [0.15, 0.2) is 24.3 Å². The maximum absolute atomic E-state index is 11.8. The van der Waals surface area contributed by atoms with Gasteiger partial charge in [0.1, 0.15) is 11.3 Å². The van der Waals surface area contributed by atoms with Crippen molar-refractivity contribution >= 4 is 5.91 Å². The van der Waals surface area contributed by atoms with E-state index in [9.17, 15) is 4.79 Å². The topological polar surface area (TPSA) is 73.6 Å². The number of carbonyl (C=O) groups is 1. The van der Waals surface area contributed by atoms with E-state index in [4.69, 9.17) is 15.2 Å². The van der Waals surface area contributed by atoms with Crippen molar-refractivity contribution in [2.24, 2.45) is 5.73 Å². The number of rotatable bonds is 8. The van der Waals surface area contributed by atoms with Crippen molar-refractivity contribution in [1.82, 2.24) is 5.32 Å². The standard InChI is InChI=1S/C14H22N2O3/c1-4-19-12-8-6-5-7-11(12)14(2,13(15)17)16-9-10-18-3/h5-8,16H,4,9-10H2,1-3H3,(H2,15,17). The van der Waals surface area contributed by atoms with E-state index in [1.165, 1.54) is 0 Å². The Labute approximate surface area is 114 Å². The highest BCUT2D eigenvalue weighted by atomic mass is 16.5. The summed E-state index contributed by atoms with van der Waals surface area (Å²) in [5, 5.41) is 3.13. The molecule has 0 saturated heterocycles. The molecule has 1 unspecified atom stereocenters. The summed E-state index contributed by atoms with van der Waals surface area (Å²) in [5.41, 5.74) is 5.31. The summed E-state index contributed by atoms with van der Waals surface area (Å²) in [6, 6.07) is 7.40. The Bertz CT molecular complexity index is 423. The summed E-state index contributed by atoms with van der Waals surface area (Å²) in [4.78, 5) is 11.8. The number of hydrogen-bond donors (Lipinski definition) is 2. The minimum atomic E-state index is -0.982. The highest BCUT2D eigenvalue weighted by Crippen LogP contribution is 2.29. The monoisotopic (exact) mass is 266 g/mol. The zero-order valence-corrected chi connectivity index (χ0v) is 11.7. The Hall–Kier alpha value is -1.59. The van der Waals surface area contributed by atoms with E-state index in [0.29, 0.717) is 25.5 Å². The molecular weight excluding hydrogens is 244 g/mol. The van der Waals surface area contributed by atoms with Crippen LogP contribution < -0.4 is 15.8 Å². The summed E-state index contributed by atoms with van der Waals surface area (Å²) in [6.45, 7) is 5.21. The van der Waals surface area contributed by atoms with Gasteiger partial charge in [-0.2, -0.15) is 0 Å². The first-order valence-electron chi connectivity index (χ1n) is 6.32. The number of nitrogens with one attached hydrogen (secondary N) is 1. The fraction of sp³-hybridized carbons (Fsp3) is 0.500. The molecule has 1 atom stereocenters. The van der Waals surface area contributed by atoms with Gasteiger partial charge >= 0.3 is 0 Å². The molecule has 0 heterocycles. The summed E-state index contributed by atoms with van der Waals surface area (Å²) in [7, 11) is 1.61. The first-order chi connectivity index (χ1) is 9.06. The smallest absolute Gasteiger partial charge is 0.242 e. The molecule has 0 saturated carbocycles. The van der Waals surface area contributed by atoms with Crippen molar-refractivity contribution < 1.29 is 14.3 Å². The van der Waals surface area contributed by atoms with Gasteiger partial charge in [-0.05, 0) is 19.9 Å². The van der Waals surface area contributed by atoms with Crippen molar-refractivity contribution in [2.75, 3.05) is 26.9 Å². The number of methoxy groups -OCH3 is 1. The summed E-state index contributed by atoms with van der Waals surface area (Å²) < 4.78 is 10.5. The highest BCUT2D eigenvalue weighted by molar-refractivity contribution is 5.86. The van der Waals surface area contributed by atoms with Gasteiger partial charge < -0.3 is 15.2 Å². The van der Waals surface area contributed by atoms with Crippen molar-refractivity contribution in [1.29, 1.82) is 0 Å². The molecule has 0 fully saturated rings. The first-order valence-corrected chi connectivity index (χ1v) is 6.32. The minimum absolute atomic E-state index is 0.448. The van der Waals surface area contributed by atoms with Crippen molar-refractivity contribution in [3.63, 3.8) is 0 Å². The van der Waals surface area contributed by atoms with E-state index in [1.807, 2.05) is 31.2 Å². The van der Waals surface area contributed by atoms with Gasteiger partial charge in [-0.25, -0.2) is 0 Å². The molecule has 5 nitrogen and oxygen atoms in total. The van der Waals surface area contributed by atoms with Crippen LogP contribution in [-0.4, -0.2) is 32.8 Å². The molecule has 3 N–H and O–H groups in total. The van der Waals surface area contributed by atoms with Crippen LogP contribution in [0.25, 0.3) is 0 Å². The Kier molecular flexibility index (Phi) is 5.79. The Balaban J connectivity index is 3.07. The summed E-state index contributed by atoms with van der Waals surface area (Å²) >= 11 is 0. The number of benzene rings is 1. The highest BCUT2D eigenvalue weighted by Gasteiger charge is 2.35. The second-order valence-corrected chi connectivity index (χ2v) is 4.34. The molecule has 0 bridgehead atoms. The third kappa shape index (κ3) is 3.68.